The Morgan fingerprint density at radius 2 is 2.60 bits per heavy atom. The summed E-state index contributed by atoms with van der Waals surface area (Å²) in [5, 5.41) is 11.8. The van der Waals surface area contributed by atoms with E-state index in [0.717, 1.165) is 0 Å². The number of hydrogen-bond acceptors (Lipinski definition) is 3. The molecule has 1 N–H and O–H groups in total. The fourth-order valence-electron chi connectivity index (χ4n) is 0.656. The van der Waals surface area contributed by atoms with Crippen LogP contribution in [0.4, 0.5) is 0 Å². The van der Waals surface area contributed by atoms with Gasteiger partial charge in [0.15, 0.2) is 0 Å². The number of aromatic nitrogens is 1. The highest BCUT2D eigenvalue weighted by Gasteiger charge is 2.03. The van der Waals surface area contributed by atoms with Gasteiger partial charge in [-0.05, 0) is 6.92 Å². The molecule has 0 aliphatic carbocycles. The molecule has 0 aliphatic rings. The number of carboxylic acid groups (broad SMARTS) is 1. The molecule has 1 aromatic rings. The second-order valence-electron chi connectivity index (χ2n) is 2.00. The first-order chi connectivity index (χ1) is 4.68. The molecule has 54 valence electrons. The Morgan fingerprint density at radius 3 is 3.00 bits per heavy atom. The zero-order valence-electron chi connectivity index (χ0n) is 5.50. The average molecular weight is 141 g/mol. The van der Waals surface area contributed by atoms with E-state index < -0.39 is 5.97 Å². The van der Waals surface area contributed by atoms with E-state index in [4.69, 9.17) is 5.11 Å². The number of aryl methyl sites for hydroxylation is 1. The van der Waals surface area contributed by atoms with Gasteiger partial charge in [0.25, 0.3) is 0 Å². The largest absolute Gasteiger partial charge is 0.481 e. The number of carbonyl (C=O) groups is 1. The van der Waals surface area contributed by atoms with Gasteiger partial charge < -0.3 is 9.63 Å². The molecule has 1 aromatic heterocycles. The van der Waals surface area contributed by atoms with Crippen LogP contribution in [0.3, 0.4) is 0 Å². The lowest BCUT2D eigenvalue weighted by atomic mass is 10.3. The number of carboxylic acids is 1. The lowest BCUT2D eigenvalue weighted by Crippen LogP contribution is -1.99. The Hall–Kier alpha value is -1.32. The molecule has 1 heterocycles. The predicted molar refractivity (Wildman–Crippen MR) is 32.6 cm³/mol. The van der Waals surface area contributed by atoms with Gasteiger partial charge in [0, 0.05) is 6.07 Å². The maximum atomic E-state index is 10.1. The van der Waals surface area contributed by atoms with Crippen LogP contribution in [-0.2, 0) is 11.2 Å². The van der Waals surface area contributed by atoms with Crippen LogP contribution in [0.25, 0.3) is 0 Å². The average Bonchev–Trinajstić information content (AvgIpc) is 2.13. The van der Waals surface area contributed by atoms with Gasteiger partial charge >= 0.3 is 5.97 Å². The third kappa shape index (κ3) is 1.58. The number of nitrogens with zero attached hydrogens (tertiary/aromatic N) is 1. The first-order valence-electron chi connectivity index (χ1n) is 2.82. The molecule has 1 rings (SSSR count). The standard InChI is InChI=1S/C6H7NO3/c1-4-2-5(7-10-4)3-6(8)9/h2H,3H2,1H3,(H,8,9). The molecule has 0 aromatic carbocycles. The molecule has 0 spiro atoms. The quantitative estimate of drug-likeness (QED) is 0.655. The molecule has 0 fully saturated rings. The van der Waals surface area contributed by atoms with E-state index in [1.54, 1.807) is 13.0 Å². The van der Waals surface area contributed by atoms with Gasteiger partial charge in [0.2, 0.25) is 0 Å². The Kier molecular flexibility index (Phi) is 1.71. The van der Waals surface area contributed by atoms with Crippen LogP contribution in [0, 0.1) is 6.92 Å². The SMILES string of the molecule is Cc1cc(CC(=O)O)no1. The van der Waals surface area contributed by atoms with Crippen molar-refractivity contribution in [3.63, 3.8) is 0 Å². The Morgan fingerprint density at radius 1 is 1.90 bits per heavy atom. The highest BCUT2D eigenvalue weighted by molar-refractivity contribution is 5.69. The molecular formula is C6H7NO3. The minimum Gasteiger partial charge on any atom is -0.481 e. The van der Waals surface area contributed by atoms with Crippen molar-refractivity contribution in [3.05, 3.63) is 17.5 Å². The van der Waals surface area contributed by atoms with Crippen LogP contribution >= 0.6 is 0 Å². The molecular weight excluding hydrogens is 134 g/mol. The summed E-state index contributed by atoms with van der Waals surface area (Å²) in [5.74, 6) is -0.260. The summed E-state index contributed by atoms with van der Waals surface area (Å²) >= 11 is 0. The lowest BCUT2D eigenvalue weighted by molar-refractivity contribution is -0.136. The molecule has 0 saturated carbocycles. The summed E-state index contributed by atoms with van der Waals surface area (Å²) in [5.41, 5.74) is 0.463. The van der Waals surface area contributed by atoms with Crippen LogP contribution in [0.5, 0.6) is 0 Å². The molecule has 0 atom stereocenters. The van der Waals surface area contributed by atoms with E-state index in [1.165, 1.54) is 0 Å². The van der Waals surface area contributed by atoms with Crippen molar-refractivity contribution in [2.75, 3.05) is 0 Å². The minimum atomic E-state index is -0.895. The number of hydrogen-bond donors (Lipinski definition) is 1. The maximum absolute atomic E-state index is 10.1. The van der Waals surface area contributed by atoms with Crippen LogP contribution in [-0.4, -0.2) is 16.2 Å². The maximum Gasteiger partial charge on any atom is 0.309 e. The fourth-order valence-corrected chi connectivity index (χ4v) is 0.656. The molecule has 0 unspecified atom stereocenters. The van der Waals surface area contributed by atoms with Crippen molar-refractivity contribution in [3.8, 4) is 0 Å². The summed E-state index contributed by atoms with van der Waals surface area (Å²) in [6.07, 6.45) is -0.0721. The molecule has 0 aliphatic heterocycles. The van der Waals surface area contributed by atoms with E-state index >= 15 is 0 Å². The third-order valence-electron chi connectivity index (χ3n) is 1.01. The smallest absolute Gasteiger partial charge is 0.309 e. The molecule has 10 heavy (non-hydrogen) atoms. The van der Waals surface area contributed by atoms with E-state index in [1.807, 2.05) is 0 Å². The topological polar surface area (TPSA) is 63.3 Å². The fraction of sp³-hybridized carbons (Fsp3) is 0.333. The summed E-state index contributed by atoms with van der Waals surface area (Å²) in [7, 11) is 0. The zero-order chi connectivity index (χ0) is 7.56. The van der Waals surface area contributed by atoms with Crippen molar-refractivity contribution < 1.29 is 14.4 Å². The first-order valence-corrected chi connectivity index (χ1v) is 2.82. The van der Waals surface area contributed by atoms with Crippen molar-refractivity contribution in [2.45, 2.75) is 13.3 Å². The lowest BCUT2D eigenvalue weighted by Gasteiger charge is -1.82. The van der Waals surface area contributed by atoms with Gasteiger partial charge in [-0.3, -0.25) is 4.79 Å². The molecule has 4 nitrogen and oxygen atoms in total. The van der Waals surface area contributed by atoms with Gasteiger partial charge in [0.05, 0.1) is 12.1 Å². The summed E-state index contributed by atoms with van der Waals surface area (Å²) in [4.78, 5) is 10.1. The van der Waals surface area contributed by atoms with Crippen LogP contribution in [0.2, 0.25) is 0 Å². The number of aliphatic carboxylic acids is 1. The van der Waals surface area contributed by atoms with Crippen molar-refractivity contribution >= 4 is 5.97 Å². The van der Waals surface area contributed by atoms with Gasteiger partial charge in [-0.2, -0.15) is 0 Å². The molecule has 0 amide bonds. The van der Waals surface area contributed by atoms with E-state index in [9.17, 15) is 4.79 Å². The van der Waals surface area contributed by atoms with Gasteiger partial charge in [-0.1, -0.05) is 5.16 Å². The van der Waals surface area contributed by atoms with Gasteiger partial charge in [0.1, 0.15) is 5.76 Å². The predicted octanol–water partition coefficient (Wildman–Crippen LogP) is 0.610. The zero-order valence-corrected chi connectivity index (χ0v) is 5.50. The summed E-state index contributed by atoms with van der Waals surface area (Å²) in [6.45, 7) is 1.72. The molecule has 0 saturated heterocycles. The normalized spacial score (nSPS) is 9.70. The highest BCUT2D eigenvalue weighted by Crippen LogP contribution is 2.01. The van der Waals surface area contributed by atoms with E-state index in [2.05, 4.69) is 9.68 Å². The monoisotopic (exact) mass is 141 g/mol. The second-order valence-corrected chi connectivity index (χ2v) is 2.00. The summed E-state index contributed by atoms with van der Waals surface area (Å²) in [6, 6.07) is 1.61. The number of rotatable bonds is 2. The van der Waals surface area contributed by atoms with Crippen LogP contribution in [0.1, 0.15) is 11.5 Å². The Balaban J connectivity index is 2.67. The highest BCUT2D eigenvalue weighted by atomic mass is 16.5. The second kappa shape index (κ2) is 2.51. The van der Waals surface area contributed by atoms with Crippen LogP contribution < -0.4 is 0 Å². The minimum absolute atomic E-state index is 0.0721. The van der Waals surface area contributed by atoms with Gasteiger partial charge in [-0.15, -0.1) is 0 Å². The Labute approximate surface area is 57.4 Å². The molecule has 0 bridgehead atoms. The summed E-state index contributed by atoms with van der Waals surface area (Å²) < 4.78 is 4.65. The van der Waals surface area contributed by atoms with Gasteiger partial charge in [-0.25, -0.2) is 0 Å². The van der Waals surface area contributed by atoms with Crippen LogP contribution in [0.15, 0.2) is 10.6 Å². The van der Waals surface area contributed by atoms with Crippen molar-refractivity contribution in [2.24, 2.45) is 0 Å². The molecule has 0 radical (unpaired) electrons. The molecule has 4 heteroatoms. The first kappa shape index (κ1) is 6.80. The third-order valence-corrected chi connectivity index (χ3v) is 1.01. The van der Waals surface area contributed by atoms with Crippen molar-refractivity contribution in [1.29, 1.82) is 0 Å². The Bertz CT molecular complexity index is 241. The van der Waals surface area contributed by atoms with E-state index in [0.29, 0.717) is 11.5 Å². The van der Waals surface area contributed by atoms with Crippen molar-refractivity contribution in [1.82, 2.24) is 5.16 Å². The van der Waals surface area contributed by atoms with E-state index in [-0.39, 0.29) is 6.42 Å².